The Morgan fingerprint density at radius 2 is 1.96 bits per heavy atom. The third kappa shape index (κ3) is 4.82. The molecule has 1 heterocycles. The lowest BCUT2D eigenvalue weighted by Crippen LogP contribution is -2.20. The first-order valence-corrected chi connectivity index (χ1v) is 9.22. The molecule has 132 valence electrons. The van der Waals surface area contributed by atoms with Gasteiger partial charge in [0.2, 0.25) is 0 Å². The predicted octanol–water partition coefficient (Wildman–Crippen LogP) is 3.24. The van der Waals surface area contributed by atoms with E-state index in [1.807, 2.05) is 12.1 Å². The highest BCUT2D eigenvalue weighted by atomic mass is 32.1. The van der Waals surface area contributed by atoms with E-state index in [0.29, 0.717) is 10.6 Å². The number of carbonyl (C=O) groups is 2. The summed E-state index contributed by atoms with van der Waals surface area (Å²) in [7, 11) is 0. The third-order valence-electron chi connectivity index (χ3n) is 4.10. The van der Waals surface area contributed by atoms with Gasteiger partial charge in [0.25, 0.3) is 5.91 Å². The number of carbonyl (C=O) groups excluding carboxylic acids is 2. The number of fused-ring (bicyclic) bond motifs is 1. The van der Waals surface area contributed by atoms with Crippen molar-refractivity contribution in [1.29, 1.82) is 0 Å². The van der Waals surface area contributed by atoms with Gasteiger partial charge in [0, 0.05) is 4.88 Å². The molecule has 0 fully saturated rings. The van der Waals surface area contributed by atoms with Crippen LogP contribution in [0.25, 0.3) is 0 Å². The largest absolute Gasteiger partial charge is 0.484 e. The van der Waals surface area contributed by atoms with Crippen LogP contribution in [0.1, 0.15) is 44.9 Å². The lowest BCUT2D eigenvalue weighted by atomic mass is 10.1. The molecule has 1 aliphatic rings. The molecule has 25 heavy (non-hydrogen) atoms. The molecule has 0 bridgehead atoms. The molecule has 1 aromatic carbocycles. The molecule has 1 aromatic heterocycles. The smallest absolute Gasteiger partial charge is 0.348 e. The van der Waals surface area contributed by atoms with E-state index in [1.54, 1.807) is 29.5 Å². The highest BCUT2D eigenvalue weighted by Gasteiger charge is 2.17. The Kier molecular flexibility index (Phi) is 5.71. The van der Waals surface area contributed by atoms with E-state index in [9.17, 15) is 9.59 Å². The molecule has 3 rings (SSSR count). The van der Waals surface area contributed by atoms with Crippen molar-refractivity contribution in [1.82, 2.24) is 0 Å². The van der Waals surface area contributed by atoms with Crippen LogP contribution < -0.4 is 10.5 Å². The summed E-state index contributed by atoms with van der Waals surface area (Å²) in [6, 6.07) is 9.07. The van der Waals surface area contributed by atoms with Crippen LogP contribution in [0.15, 0.2) is 30.3 Å². The average molecular weight is 359 g/mol. The minimum atomic E-state index is -0.533. The van der Waals surface area contributed by atoms with E-state index >= 15 is 0 Å². The molecule has 0 unspecified atom stereocenters. The minimum Gasteiger partial charge on any atom is -0.484 e. The Morgan fingerprint density at radius 3 is 2.80 bits per heavy atom. The van der Waals surface area contributed by atoms with Crippen LogP contribution in [0.4, 0.5) is 0 Å². The number of amides is 1. The van der Waals surface area contributed by atoms with Crippen LogP contribution in [0.2, 0.25) is 0 Å². The number of hydrogen-bond donors (Lipinski definition) is 1. The van der Waals surface area contributed by atoms with Gasteiger partial charge in [0.1, 0.15) is 17.2 Å². The van der Waals surface area contributed by atoms with Crippen molar-refractivity contribution in [3.8, 4) is 5.75 Å². The fourth-order valence-electron chi connectivity index (χ4n) is 2.87. The molecule has 0 saturated heterocycles. The van der Waals surface area contributed by atoms with Gasteiger partial charge in [-0.15, -0.1) is 11.3 Å². The monoisotopic (exact) mass is 359 g/mol. The first kappa shape index (κ1) is 17.5. The summed E-state index contributed by atoms with van der Waals surface area (Å²) in [6.45, 7) is -0.0147. The Morgan fingerprint density at radius 1 is 1.12 bits per heavy atom. The molecule has 5 nitrogen and oxygen atoms in total. The van der Waals surface area contributed by atoms with Gasteiger partial charge >= 0.3 is 5.97 Å². The van der Waals surface area contributed by atoms with Crippen molar-refractivity contribution in [2.45, 2.75) is 38.7 Å². The normalized spacial score (nSPS) is 13.6. The summed E-state index contributed by atoms with van der Waals surface area (Å²) in [5, 5.41) is 0. The zero-order chi connectivity index (χ0) is 17.6. The number of esters is 1. The first-order chi connectivity index (χ1) is 12.1. The molecule has 0 spiro atoms. The highest BCUT2D eigenvalue weighted by molar-refractivity contribution is 7.14. The molecular formula is C19H21NO4S. The number of primary amides is 1. The van der Waals surface area contributed by atoms with Gasteiger partial charge in [0.05, 0.1) is 0 Å². The van der Waals surface area contributed by atoms with Crippen LogP contribution in [0.5, 0.6) is 5.75 Å². The second kappa shape index (κ2) is 8.16. The topological polar surface area (TPSA) is 78.6 Å². The lowest BCUT2D eigenvalue weighted by Gasteiger charge is -2.07. The predicted molar refractivity (Wildman–Crippen MR) is 95.8 cm³/mol. The van der Waals surface area contributed by atoms with E-state index in [0.717, 1.165) is 18.4 Å². The zero-order valence-corrected chi connectivity index (χ0v) is 14.8. The molecule has 2 N–H and O–H groups in total. The van der Waals surface area contributed by atoms with Crippen molar-refractivity contribution in [3.05, 3.63) is 51.2 Å². The van der Waals surface area contributed by atoms with Gasteiger partial charge in [-0.2, -0.15) is 0 Å². The molecule has 2 aromatic rings. The summed E-state index contributed by atoms with van der Waals surface area (Å²) in [5.74, 6) is -0.300. The lowest BCUT2D eigenvalue weighted by molar-refractivity contribution is -0.119. The van der Waals surface area contributed by atoms with E-state index in [2.05, 4.69) is 0 Å². The van der Waals surface area contributed by atoms with E-state index in [4.69, 9.17) is 15.2 Å². The molecule has 0 saturated carbocycles. The molecule has 1 aliphatic carbocycles. The van der Waals surface area contributed by atoms with Crippen LogP contribution >= 0.6 is 11.3 Å². The standard InChI is InChI=1S/C19H21NO4S/c20-18(21)12-23-15-7-4-5-13(9-15)11-24-19(22)17-10-14-6-2-1-3-8-16(14)25-17/h4-5,7,9-10H,1-3,6,8,11-12H2,(H2,20,21). The van der Waals surface area contributed by atoms with Gasteiger partial charge < -0.3 is 15.2 Å². The van der Waals surface area contributed by atoms with Gasteiger partial charge in [-0.3, -0.25) is 4.79 Å². The van der Waals surface area contributed by atoms with E-state index in [1.165, 1.54) is 29.7 Å². The zero-order valence-electron chi connectivity index (χ0n) is 14.0. The summed E-state index contributed by atoms with van der Waals surface area (Å²) in [5.41, 5.74) is 7.16. The minimum absolute atomic E-state index is 0.162. The highest BCUT2D eigenvalue weighted by Crippen LogP contribution is 2.29. The van der Waals surface area contributed by atoms with Gasteiger partial charge in [-0.05, 0) is 55.0 Å². The number of rotatable bonds is 6. The molecular weight excluding hydrogens is 338 g/mol. The van der Waals surface area contributed by atoms with Crippen LogP contribution in [-0.2, 0) is 29.0 Å². The van der Waals surface area contributed by atoms with E-state index in [-0.39, 0.29) is 19.2 Å². The molecule has 0 aliphatic heterocycles. The van der Waals surface area contributed by atoms with Crippen molar-refractivity contribution < 1.29 is 19.1 Å². The van der Waals surface area contributed by atoms with Crippen molar-refractivity contribution in [2.75, 3.05) is 6.61 Å². The summed E-state index contributed by atoms with van der Waals surface area (Å²) >= 11 is 1.56. The number of thiophene rings is 1. The van der Waals surface area contributed by atoms with Crippen LogP contribution in [-0.4, -0.2) is 18.5 Å². The SMILES string of the molecule is NC(=O)COc1cccc(COC(=O)c2cc3c(s2)CCCCC3)c1. The maximum atomic E-state index is 12.3. The third-order valence-corrected chi connectivity index (χ3v) is 5.31. The fraction of sp³-hybridized carbons (Fsp3) is 0.368. The number of ether oxygens (including phenoxy) is 2. The molecule has 1 amide bonds. The quantitative estimate of drug-likeness (QED) is 0.634. The molecule has 6 heteroatoms. The molecule has 0 radical (unpaired) electrons. The Balaban J connectivity index is 1.59. The average Bonchev–Trinajstić information content (AvgIpc) is 2.89. The Hall–Kier alpha value is -2.34. The van der Waals surface area contributed by atoms with Crippen molar-refractivity contribution in [2.24, 2.45) is 5.73 Å². The van der Waals surface area contributed by atoms with Crippen LogP contribution in [0.3, 0.4) is 0 Å². The fourth-order valence-corrected chi connectivity index (χ4v) is 4.01. The molecule has 0 atom stereocenters. The van der Waals surface area contributed by atoms with E-state index < -0.39 is 5.91 Å². The van der Waals surface area contributed by atoms with Crippen LogP contribution in [0, 0.1) is 0 Å². The van der Waals surface area contributed by atoms with Crippen molar-refractivity contribution in [3.63, 3.8) is 0 Å². The van der Waals surface area contributed by atoms with Crippen molar-refractivity contribution >= 4 is 23.2 Å². The second-order valence-corrected chi connectivity index (χ2v) is 7.24. The van der Waals surface area contributed by atoms with Gasteiger partial charge in [0.15, 0.2) is 6.61 Å². The number of hydrogen-bond acceptors (Lipinski definition) is 5. The second-order valence-electron chi connectivity index (χ2n) is 6.10. The maximum absolute atomic E-state index is 12.3. The summed E-state index contributed by atoms with van der Waals surface area (Å²) < 4.78 is 10.7. The Labute approximate surface area is 150 Å². The number of aryl methyl sites for hydroxylation is 2. The number of nitrogens with two attached hydrogens (primary N) is 1. The number of benzene rings is 1. The Bertz CT molecular complexity index is 745. The van der Waals surface area contributed by atoms with Gasteiger partial charge in [-0.1, -0.05) is 18.6 Å². The summed E-state index contributed by atoms with van der Waals surface area (Å²) in [6.07, 6.45) is 5.76. The van der Waals surface area contributed by atoms with Gasteiger partial charge in [-0.25, -0.2) is 4.79 Å². The summed E-state index contributed by atoms with van der Waals surface area (Å²) in [4.78, 5) is 25.1. The maximum Gasteiger partial charge on any atom is 0.348 e. The first-order valence-electron chi connectivity index (χ1n) is 8.40.